The predicted molar refractivity (Wildman–Crippen MR) is 127 cm³/mol. The molecule has 32 heavy (non-hydrogen) atoms. The minimum absolute atomic E-state index is 0.214. The molecule has 0 bridgehead atoms. The van der Waals surface area contributed by atoms with Crippen molar-refractivity contribution in [3.05, 3.63) is 35.9 Å². The van der Waals surface area contributed by atoms with Crippen LogP contribution in [0.5, 0.6) is 5.19 Å². The van der Waals surface area contributed by atoms with Crippen LogP contribution < -0.4 is 15.4 Å². The van der Waals surface area contributed by atoms with Crippen LogP contribution in [0.1, 0.15) is 32.3 Å². The fourth-order valence-electron chi connectivity index (χ4n) is 3.77. The zero-order chi connectivity index (χ0) is 22.1. The molecule has 9 nitrogen and oxygen atoms in total. The van der Waals surface area contributed by atoms with Gasteiger partial charge in [-0.3, -0.25) is 10.1 Å². The first kappa shape index (κ1) is 20.7. The summed E-state index contributed by atoms with van der Waals surface area (Å²) in [6, 6.07) is 0. The molecule has 10 heteroatoms. The molecule has 0 aliphatic carbocycles. The Labute approximate surface area is 189 Å². The van der Waals surface area contributed by atoms with E-state index in [9.17, 15) is 0 Å². The molecule has 1 fully saturated rings. The van der Waals surface area contributed by atoms with Crippen LogP contribution in [0.15, 0.2) is 30.4 Å². The number of pyridine rings is 1. The maximum atomic E-state index is 6.07. The van der Waals surface area contributed by atoms with Crippen LogP contribution in [0.4, 0.5) is 5.69 Å². The SMILES string of the molecule is CC(C)=CNc1c(-c2nc3sc(OC4CCNCC4)nc3[nH]2)ncc(-c2cn[nH]c2)c1C. The number of aromatic nitrogens is 6. The van der Waals surface area contributed by atoms with Gasteiger partial charge in [-0.25, -0.2) is 4.98 Å². The van der Waals surface area contributed by atoms with Gasteiger partial charge in [-0.1, -0.05) is 16.9 Å². The molecule has 1 saturated heterocycles. The highest BCUT2D eigenvalue weighted by Gasteiger charge is 2.21. The summed E-state index contributed by atoms with van der Waals surface area (Å²) in [4.78, 5) is 18.3. The van der Waals surface area contributed by atoms with Gasteiger partial charge in [-0.05, 0) is 58.5 Å². The second-order valence-corrected chi connectivity index (χ2v) is 9.10. The number of piperidine rings is 1. The predicted octanol–water partition coefficient (Wildman–Crippen LogP) is 4.25. The molecule has 0 aromatic carbocycles. The average Bonchev–Trinajstić information content (AvgIpc) is 3.50. The molecule has 5 rings (SSSR count). The second-order valence-electron chi connectivity index (χ2n) is 8.16. The zero-order valence-electron chi connectivity index (χ0n) is 18.3. The number of hydrogen-bond donors (Lipinski definition) is 4. The number of nitrogens with one attached hydrogen (secondary N) is 4. The molecule has 4 aromatic rings. The van der Waals surface area contributed by atoms with Crippen LogP contribution in [0.2, 0.25) is 0 Å². The summed E-state index contributed by atoms with van der Waals surface area (Å²) in [6.45, 7) is 8.14. The number of imidazole rings is 1. The Morgan fingerprint density at radius 2 is 2.06 bits per heavy atom. The Morgan fingerprint density at radius 1 is 1.22 bits per heavy atom. The van der Waals surface area contributed by atoms with E-state index in [0.717, 1.165) is 70.1 Å². The van der Waals surface area contributed by atoms with Gasteiger partial charge in [0.25, 0.3) is 5.19 Å². The smallest absolute Gasteiger partial charge is 0.277 e. The van der Waals surface area contributed by atoms with Crippen molar-refractivity contribution in [2.45, 2.75) is 39.7 Å². The van der Waals surface area contributed by atoms with Crippen LogP contribution in [-0.4, -0.2) is 49.3 Å². The fraction of sp³-hybridized carbons (Fsp3) is 0.364. The van der Waals surface area contributed by atoms with E-state index in [4.69, 9.17) is 14.7 Å². The molecule has 0 radical (unpaired) electrons. The Morgan fingerprint density at radius 3 is 2.78 bits per heavy atom. The number of anilines is 1. The van der Waals surface area contributed by atoms with E-state index in [1.54, 1.807) is 6.20 Å². The highest BCUT2D eigenvalue weighted by atomic mass is 32.1. The Kier molecular flexibility index (Phi) is 5.62. The largest absolute Gasteiger partial charge is 0.467 e. The maximum absolute atomic E-state index is 6.07. The van der Waals surface area contributed by atoms with Crippen molar-refractivity contribution in [1.82, 2.24) is 35.5 Å². The molecule has 1 aliphatic heterocycles. The normalized spacial score (nSPS) is 14.6. The topological polar surface area (TPSA) is 116 Å². The third kappa shape index (κ3) is 4.11. The van der Waals surface area contributed by atoms with Crippen LogP contribution in [0.25, 0.3) is 33.1 Å². The molecule has 1 aliphatic rings. The first-order valence-electron chi connectivity index (χ1n) is 10.7. The zero-order valence-corrected chi connectivity index (χ0v) is 19.1. The molecule has 4 N–H and O–H groups in total. The van der Waals surface area contributed by atoms with Crippen LogP contribution >= 0.6 is 11.3 Å². The number of fused-ring (bicyclic) bond motifs is 1. The van der Waals surface area contributed by atoms with Gasteiger partial charge in [-0.15, -0.1) is 0 Å². The number of hydrogen-bond acceptors (Lipinski definition) is 8. The molecule has 166 valence electrons. The van der Waals surface area contributed by atoms with Crippen molar-refractivity contribution < 1.29 is 4.74 Å². The van der Waals surface area contributed by atoms with Crippen molar-refractivity contribution in [3.8, 4) is 27.8 Å². The summed E-state index contributed by atoms with van der Waals surface area (Å²) in [5.74, 6) is 0.679. The van der Waals surface area contributed by atoms with E-state index in [1.165, 1.54) is 11.3 Å². The van der Waals surface area contributed by atoms with E-state index in [-0.39, 0.29) is 6.10 Å². The molecule has 0 spiro atoms. The fourth-order valence-corrected chi connectivity index (χ4v) is 4.59. The third-order valence-corrected chi connectivity index (χ3v) is 6.31. The third-order valence-electron chi connectivity index (χ3n) is 5.47. The lowest BCUT2D eigenvalue weighted by Crippen LogP contribution is -2.34. The van der Waals surface area contributed by atoms with Crippen molar-refractivity contribution in [3.63, 3.8) is 0 Å². The van der Waals surface area contributed by atoms with E-state index in [0.29, 0.717) is 11.0 Å². The number of H-pyrrole nitrogens is 2. The van der Waals surface area contributed by atoms with Gasteiger partial charge in [-0.2, -0.15) is 10.1 Å². The summed E-state index contributed by atoms with van der Waals surface area (Å²) >= 11 is 1.47. The van der Waals surface area contributed by atoms with E-state index in [1.807, 2.05) is 32.4 Å². The molecule has 0 amide bonds. The summed E-state index contributed by atoms with van der Waals surface area (Å²) in [7, 11) is 0. The summed E-state index contributed by atoms with van der Waals surface area (Å²) in [6.07, 6.45) is 9.71. The number of thiazole rings is 1. The monoisotopic (exact) mass is 450 g/mol. The molecular formula is C22H26N8OS. The van der Waals surface area contributed by atoms with Gasteiger partial charge in [0.1, 0.15) is 11.8 Å². The maximum Gasteiger partial charge on any atom is 0.277 e. The molecule has 5 heterocycles. The van der Waals surface area contributed by atoms with Crippen molar-refractivity contribution in [2.75, 3.05) is 18.4 Å². The first-order chi connectivity index (χ1) is 15.6. The summed E-state index contributed by atoms with van der Waals surface area (Å²) in [5.41, 5.74) is 6.60. The van der Waals surface area contributed by atoms with Crippen LogP contribution in [0, 0.1) is 6.92 Å². The lowest BCUT2D eigenvalue weighted by Gasteiger charge is -2.22. The highest BCUT2D eigenvalue weighted by Crippen LogP contribution is 2.36. The van der Waals surface area contributed by atoms with Crippen molar-refractivity contribution >= 4 is 27.5 Å². The van der Waals surface area contributed by atoms with Crippen molar-refractivity contribution in [1.29, 1.82) is 0 Å². The van der Waals surface area contributed by atoms with Gasteiger partial charge < -0.3 is 20.4 Å². The number of aromatic amines is 2. The Bertz CT molecular complexity index is 1220. The molecule has 0 saturated carbocycles. The van der Waals surface area contributed by atoms with Crippen LogP contribution in [-0.2, 0) is 0 Å². The minimum Gasteiger partial charge on any atom is -0.467 e. The van der Waals surface area contributed by atoms with E-state index in [2.05, 4.69) is 37.7 Å². The lowest BCUT2D eigenvalue weighted by atomic mass is 10.0. The first-order valence-corrected chi connectivity index (χ1v) is 11.5. The molecule has 0 unspecified atom stereocenters. The number of nitrogens with zero attached hydrogens (tertiary/aromatic N) is 4. The number of allylic oxidation sites excluding steroid dienone is 1. The van der Waals surface area contributed by atoms with Crippen molar-refractivity contribution in [2.24, 2.45) is 0 Å². The molecule has 0 atom stereocenters. The lowest BCUT2D eigenvalue weighted by molar-refractivity contribution is 0.162. The Balaban J connectivity index is 1.49. The summed E-state index contributed by atoms with van der Waals surface area (Å²) < 4.78 is 6.07. The van der Waals surface area contributed by atoms with Gasteiger partial charge in [0.2, 0.25) is 0 Å². The summed E-state index contributed by atoms with van der Waals surface area (Å²) in [5, 5.41) is 14.4. The average molecular weight is 451 g/mol. The second kappa shape index (κ2) is 8.71. The van der Waals surface area contributed by atoms with E-state index >= 15 is 0 Å². The number of rotatable bonds is 6. The standard InChI is InChI=1S/C22H26N8OS/c1-12(2)8-24-17-13(3)16(14-9-26-27-10-14)11-25-18(17)19-28-20-21(29-19)32-22(30-20)31-15-4-6-23-7-5-15/h8-11,15,23-24H,4-7H2,1-3H3,(H,26,27)(H,28,29). The minimum atomic E-state index is 0.214. The van der Waals surface area contributed by atoms with Gasteiger partial charge >= 0.3 is 0 Å². The van der Waals surface area contributed by atoms with Gasteiger partial charge in [0.15, 0.2) is 16.3 Å². The van der Waals surface area contributed by atoms with E-state index < -0.39 is 0 Å². The highest BCUT2D eigenvalue weighted by molar-refractivity contribution is 7.19. The quantitative estimate of drug-likeness (QED) is 0.347. The van der Waals surface area contributed by atoms with Gasteiger partial charge in [0.05, 0.1) is 11.9 Å². The Hall–Kier alpha value is -3.24. The van der Waals surface area contributed by atoms with Gasteiger partial charge in [0, 0.05) is 23.5 Å². The number of ether oxygens (including phenoxy) is 1. The molecular weight excluding hydrogens is 424 g/mol. The molecule has 4 aromatic heterocycles. The van der Waals surface area contributed by atoms with Crippen LogP contribution in [0.3, 0.4) is 0 Å².